The number of halogens is 1. The molecule has 1 aromatic carbocycles. The van der Waals surface area contributed by atoms with Gasteiger partial charge in [-0.25, -0.2) is 0 Å². The molecule has 1 N–H and O–H groups in total. The van der Waals surface area contributed by atoms with Crippen molar-refractivity contribution in [2.75, 3.05) is 11.9 Å². The summed E-state index contributed by atoms with van der Waals surface area (Å²) in [6, 6.07) is 7.71. The third kappa shape index (κ3) is 5.84. The van der Waals surface area contributed by atoms with Crippen molar-refractivity contribution in [3.8, 4) is 0 Å². The van der Waals surface area contributed by atoms with E-state index < -0.39 is 0 Å². The zero-order valence-electron chi connectivity index (χ0n) is 10.4. The van der Waals surface area contributed by atoms with Gasteiger partial charge in [-0.3, -0.25) is 4.79 Å². The number of hydrogen-bond donors (Lipinski definition) is 1. The van der Waals surface area contributed by atoms with E-state index in [0.29, 0.717) is 0 Å². The van der Waals surface area contributed by atoms with Gasteiger partial charge in [-0.15, -0.1) is 0 Å². The van der Waals surface area contributed by atoms with Crippen molar-refractivity contribution < 1.29 is 9.53 Å². The van der Waals surface area contributed by atoms with Crippen LogP contribution in [-0.2, 0) is 14.9 Å². The first-order chi connectivity index (χ1) is 7.90. The summed E-state index contributed by atoms with van der Waals surface area (Å²) in [4.78, 5) is 11.6. The smallest absolute Gasteiger partial charge is 0.250 e. The normalized spacial score (nSPS) is 11.3. The largest absolute Gasteiger partial charge is 0.366 e. The molecule has 0 aliphatic rings. The number of benzene rings is 1. The molecule has 0 radical (unpaired) electrons. The van der Waals surface area contributed by atoms with Crippen molar-refractivity contribution in [2.24, 2.45) is 0 Å². The quantitative estimate of drug-likeness (QED) is 0.866. The minimum Gasteiger partial charge on any atom is -0.366 e. The molecule has 0 unspecified atom stereocenters. The van der Waals surface area contributed by atoms with Gasteiger partial charge in [0, 0.05) is 11.0 Å². The fraction of sp³-hybridized carbons (Fsp3) is 0.462. The highest BCUT2D eigenvalue weighted by Gasteiger charge is 2.12. The SMILES string of the molecule is CC(C)(C)OCC(=O)Nc1cccc(CBr)c1. The zero-order chi connectivity index (χ0) is 12.9. The molecule has 3 nitrogen and oxygen atoms in total. The van der Waals surface area contributed by atoms with Crippen molar-refractivity contribution >= 4 is 27.5 Å². The lowest BCUT2D eigenvalue weighted by molar-refractivity contribution is -0.125. The fourth-order valence-corrected chi connectivity index (χ4v) is 1.56. The molecule has 0 aliphatic carbocycles. The molecule has 17 heavy (non-hydrogen) atoms. The number of rotatable bonds is 4. The molecule has 0 spiro atoms. The summed E-state index contributed by atoms with van der Waals surface area (Å²) >= 11 is 3.38. The van der Waals surface area contributed by atoms with E-state index >= 15 is 0 Å². The molecule has 0 atom stereocenters. The zero-order valence-corrected chi connectivity index (χ0v) is 12.0. The molecule has 0 fully saturated rings. The number of ether oxygens (including phenoxy) is 1. The monoisotopic (exact) mass is 299 g/mol. The Bertz CT molecular complexity index is 385. The summed E-state index contributed by atoms with van der Waals surface area (Å²) in [6.45, 7) is 5.84. The van der Waals surface area contributed by atoms with Crippen LogP contribution in [0.15, 0.2) is 24.3 Å². The summed E-state index contributed by atoms with van der Waals surface area (Å²) in [5.41, 5.74) is 1.62. The van der Waals surface area contributed by atoms with Crippen molar-refractivity contribution in [2.45, 2.75) is 31.7 Å². The average Bonchev–Trinajstić information content (AvgIpc) is 2.26. The lowest BCUT2D eigenvalue weighted by Crippen LogP contribution is -2.27. The highest BCUT2D eigenvalue weighted by molar-refractivity contribution is 9.08. The van der Waals surface area contributed by atoms with Gasteiger partial charge < -0.3 is 10.1 Å². The third-order valence-corrected chi connectivity index (χ3v) is 2.65. The number of amides is 1. The summed E-state index contributed by atoms with van der Waals surface area (Å²) in [5.74, 6) is -0.133. The van der Waals surface area contributed by atoms with E-state index in [-0.39, 0.29) is 18.1 Å². The first-order valence-electron chi connectivity index (χ1n) is 5.49. The lowest BCUT2D eigenvalue weighted by atomic mass is 10.2. The lowest BCUT2D eigenvalue weighted by Gasteiger charge is -2.19. The van der Waals surface area contributed by atoms with Crippen LogP contribution in [-0.4, -0.2) is 18.1 Å². The Balaban J connectivity index is 2.50. The molecule has 0 aromatic heterocycles. The van der Waals surface area contributed by atoms with Gasteiger partial charge in [-0.2, -0.15) is 0 Å². The number of anilines is 1. The van der Waals surface area contributed by atoms with Gasteiger partial charge >= 0.3 is 0 Å². The van der Waals surface area contributed by atoms with E-state index in [0.717, 1.165) is 16.6 Å². The molecule has 0 saturated heterocycles. The Morgan fingerprint density at radius 2 is 2.12 bits per heavy atom. The van der Waals surface area contributed by atoms with Gasteiger partial charge in [0.1, 0.15) is 6.61 Å². The summed E-state index contributed by atoms with van der Waals surface area (Å²) in [6.07, 6.45) is 0. The molecule has 1 aromatic rings. The minimum absolute atomic E-state index is 0.0715. The van der Waals surface area contributed by atoms with Gasteiger partial charge in [0.15, 0.2) is 0 Å². The second kappa shape index (κ2) is 6.17. The van der Waals surface area contributed by atoms with Crippen LogP contribution in [0.2, 0.25) is 0 Å². The molecule has 0 bridgehead atoms. The summed E-state index contributed by atoms with van der Waals surface area (Å²) < 4.78 is 5.40. The van der Waals surface area contributed by atoms with Crippen molar-refractivity contribution in [3.05, 3.63) is 29.8 Å². The first kappa shape index (κ1) is 14.2. The van der Waals surface area contributed by atoms with Gasteiger partial charge in [0.25, 0.3) is 0 Å². The topological polar surface area (TPSA) is 38.3 Å². The molecule has 0 heterocycles. The molecular weight excluding hydrogens is 282 g/mol. The number of alkyl halides is 1. The van der Waals surface area contributed by atoms with Crippen LogP contribution in [0, 0.1) is 0 Å². The van der Waals surface area contributed by atoms with Gasteiger partial charge in [-0.1, -0.05) is 28.1 Å². The third-order valence-electron chi connectivity index (χ3n) is 2.00. The van der Waals surface area contributed by atoms with Crippen LogP contribution >= 0.6 is 15.9 Å². The van der Waals surface area contributed by atoms with Crippen molar-refractivity contribution in [3.63, 3.8) is 0 Å². The van der Waals surface area contributed by atoms with Gasteiger partial charge in [-0.05, 0) is 38.5 Å². The maximum atomic E-state index is 11.6. The van der Waals surface area contributed by atoms with E-state index in [1.165, 1.54) is 0 Å². The van der Waals surface area contributed by atoms with Crippen LogP contribution in [0.25, 0.3) is 0 Å². The Morgan fingerprint density at radius 3 is 2.71 bits per heavy atom. The minimum atomic E-state index is -0.297. The molecular formula is C13H18BrNO2. The Kier molecular flexibility index (Phi) is 5.15. The van der Waals surface area contributed by atoms with Gasteiger partial charge in [0.2, 0.25) is 5.91 Å². The maximum Gasteiger partial charge on any atom is 0.250 e. The number of carbonyl (C=O) groups excluding carboxylic acids is 1. The highest BCUT2D eigenvalue weighted by atomic mass is 79.9. The Labute approximate surface area is 111 Å². The van der Waals surface area contributed by atoms with E-state index in [2.05, 4.69) is 21.2 Å². The second-order valence-electron chi connectivity index (χ2n) is 4.78. The highest BCUT2D eigenvalue weighted by Crippen LogP contribution is 2.13. The molecule has 0 aliphatic heterocycles. The second-order valence-corrected chi connectivity index (χ2v) is 5.34. The summed E-state index contributed by atoms with van der Waals surface area (Å²) in [7, 11) is 0. The van der Waals surface area contributed by atoms with E-state index in [1.807, 2.05) is 45.0 Å². The van der Waals surface area contributed by atoms with Crippen LogP contribution < -0.4 is 5.32 Å². The maximum absolute atomic E-state index is 11.6. The van der Waals surface area contributed by atoms with Gasteiger partial charge in [0.05, 0.1) is 5.60 Å². The van der Waals surface area contributed by atoms with E-state index in [4.69, 9.17) is 4.74 Å². The van der Waals surface area contributed by atoms with Crippen molar-refractivity contribution in [1.82, 2.24) is 0 Å². The Morgan fingerprint density at radius 1 is 1.41 bits per heavy atom. The van der Waals surface area contributed by atoms with Crippen molar-refractivity contribution in [1.29, 1.82) is 0 Å². The summed E-state index contributed by atoms with van der Waals surface area (Å²) in [5, 5.41) is 3.58. The van der Waals surface area contributed by atoms with Crippen LogP contribution in [0.1, 0.15) is 26.3 Å². The molecule has 94 valence electrons. The predicted molar refractivity (Wildman–Crippen MR) is 73.4 cm³/mol. The van der Waals surface area contributed by atoms with Crippen LogP contribution in [0.4, 0.5) is 5.69 Å². The first-order valence-corrected chi connectivity index (χ1v) is 6.61. The van der Waals surface area contributed by atoms with Crippen LogP contribution in [0.5, 0.6) is 0 Å². The number of nitrogens with one attached hydrogen (secondary N) is 1. The standard InChI is InChI=1S/C13H18BrNO2/c1-13(2,3)17-9-12(16)15-11-6-4-5-10(7-11)8-14/h4-7H,8-9H2,1-3H3,(H,15,16). The molecule has 1 rings (SSSR count). The van der Waals surface area contributed by atoms with E-state index in [9.17, 15) is 4.79 Å². The number of hydrogen-bond acceptors (Lipinski definition) is 2. The fourth-order valence-electron chi connectivity index (χ4n) is 1.21. The Hall–Kier alpha value is -0.870. The predicted octanol–water partition coefficient (Wildman–Crippen LogP) is 3.34. The number of carbonyl (C=O) groups is 1. The average molecular weight is 300 g/mol. The molecule has 4 heteroatoms. The molecule has 1 amide bonds. The van der Waals surface area contributed by atoms with Crippen LogP contribution in [0.3, 0.4) is 0 Å². The molecule has 0 saturated carbocycles. The van der Waals surface area contributed by atoms with E-state index in [1.54, 1.807) is 0 Å².